The van der Waals surface area contributed by atoms with Gasteiger partial charge in [0.05, 0.1) is 6.61 Å². The summed E-state index contributed by atoms with van der Waals surface area (Å²) < 4.78 is 5.25. The third-order valence-electron chi connectivity index (χ3n) is 2.17. The highest BCUT2D eigenvalue weighted by molar-refractivity contribution is 5.89. The van der Waals surface area contributed by atoms with Gasteiger partial charge < -0.3 is 15.4 Å². The molecule has 0 aliphatic heterocycles. The zero-order chi connectivity index (χ0) is 13.2. The van der Waals surface area contributed by atoms with Crippen LogP contribution >= 0.6 is 0 Å². The van der Waals surface area contributed by atoms with E-state index in [1.807, 2.05) is 13.0 Å². The topological polar surface area (TPSA) is 50.4 Å². The first-order chi connectivity index (χ1) is 8.76. The average Bonchev–Trinajstić information content (AvgIpc) is 2.38. The van der Waals surface area contributed by atoms with E-state index in [1.54, 1.807) is 18.2 Å². The van der Waals surface area contributed by atoms with E-state index in [1.165, 1.54) is 0 Å². The normalized spacial score (nSPS) is 9.56. The highest BCUT2D eigenvalue weighted by Crippen LogP contribution is 2.09. The van der Waals surface area contributed by atoms with E-state index in [0.29, 0.717) is 25.4 Å². The van der Waals surface area contributed by atoms with Gasteiger partial charge in [-0.25, -0.2) is 4.79 Å². The molecule has 0 fully saturated rings. The van der Waals surface area contributed by atoms with Gasteiger partial charge in [-0.2, -0.15) is 0 Å². The molecule has 0 aliphatic rings. The van der Waals surface area contributed by atoms with E-state index in [0.717, 1.165) is 12.0 Å². The van der Waals surface area contributed by atoms with Gasteiger partial charge in [-0.15, -0.1) is 6.42 Å². The zero-order valence-electron chi connectivity index (χ0n) is 10.5. The van der Waals surface area contributed by atoms with Crippen LogP contribution in [0.4, 0.5) is 10.5 Å². The second-order valence-electron chi connectivity index (χ2n) is 3.72. The monoisotopic (exact) mass is 246 g/mol. The Balaban J connectivity index is 2.29. The SMILES string of the molecule is C#Cc1cccc(NC(=O)NCCOCCC)c1. The summed E-state index contributed by atoms with van der Waals surface area (Å²) in [6.07, 6.45) is 6.26. The molecule has 1 aromatic rings. The number of hydrogen-bond donors (Lipinski definition) is 2. The summed E-state index contributed by atoms with van der Waals surface area (Å²) in [7, 11) is 0. The molecule has 0 saturated heterocycles. The van der Waals surface area contributed by atoms with Crippen molar-refractivity contribution in [3.63, 3.8) is 0 Å². The molecule has 0 aliphatic carbocycles. The number of hydrogen-bond acceptors (Lipinski definition) is 2. The van der Waals surface area contributed by atoms with E-state index in [-0.39, 0.29) is 6.03 Å². The molecule has 0 aromatic heterocycles. The Kier molecular flexibility index (Phi) is 6.37. The molecule has 1 aromatic carbocycles. The first-order valence-electron chi connectivity index (χ1n) is 5.95. The van der Waals surface area contributed by atoms with Crippen LogP contribution in [0.1, 0.15) is 18.9 Å². The van der Waals surface area contributed by atoms with E-state index < -0.39 is 0 Å². The minimum atomic E-state index is -0.260. The van der Waals surface area contributed by atoms with Gasteiger partial charge in [-0.05, 0) is 24.6 Å². The summed E-state index contributed by atoms with van der Waals surface area (Å²) in [4.78, 5) is 11.5. The summed E-state index contributed by atoms with van der Waals surface area (Å²) in [6.45, 7) is 3.76. The maximum atomic E-state index is 11.5. The van der Waals surface area contributed by atoms with Gasteiger partial charge in [0.15, 0.2) is 0 Å². The maximum Gasteiger partial charge on any atom is 0.319 e. The minimum absolute atomic E-state index is 0.260. The van der Waals surface area contributed by atoms with Crippen LogP contribution in [0.25, 0.3) is 0 Å². The number of urea groups is 1. The molecule has 0 bridgehead atoms. The van der Waals surface area contributed by atoms with Crippen LogP contribution in [0.3, 0.4) is 0 Å². The van der Waals surface area contributed by atoms with E-state index in [9.17, 15) is 4.79 Å². The predicted molar refractivity (Wildman–Crippen MR) is 72.5 cm³/mol. The number of benzene rings is 1. The lowest BCUT2D eigenvalue weighted by molar-refractivity contribution is 0.137. The van der Waals surface area contributed by atoms with Crippen molar-refractivity contribution in [2.45, 2.75) is 13.3 Å². The molecule has 1 rings (SSSR count). The largest absolute Gasteiger partial charge is 0.380 e. The van der Waals surface area contributed by atoms with Crippen LogP contribution in [0.2, 0.25) is 0 Å². The fourth-order valence-corrected chi connectivity index (χ4v) is 1.35. The Bertz CT molecular complexity index is 424. The lowest BCUT2D eigenvalue weighted by Gasteiger charge is -2.08. The van der Waals surface area contributed by atoms with Gasteiger partial charge in [0.1, 0.15) is 0 Å². The minimum Gasteiger partial charge on any atom is -0.380 e. The number of ether oxygens (including phenoxy) is 1. The summed E-state index contributed by atoms with van der Waals surface area (Å²) in [5, 5.41) is 5.41. The lowest BCUT2D eigenvalue weighted by atomic mass is 10.2. The summed E-state index contributed by atoms with van der Waals surface area (Å²) in [6, 6.07) is 6.88. The maximum absolute atomic E-state index is 11.5. The fourth-order valence-electron chi connectivity index (χ4n) is 1.35. The van der Waals surface area contributed by atoms with Crippen molar-refractivity contribution in [1.29, 1.82) is 0 Å². The van der Waals surface area contributed by atoms with Gasteiger partial charge in [-0.3, -0.25) is 0 Å². The quantitative estimate of drug-likeness (QED) is 0.597. The number of anilines is 1. The van der Waals surface area contributed by atoms with Gasteiger partial charge in [-0.1, -0.05) is 18.9 Å². The Labute approximate surface area is 108 Å². The van der Waals surface area contributed by atoms with Crippen LogP contribution in [0.15, 0.2) is 24.3 Å². The molecule has 0 heterocycles. The van der Waals surface area contributed by atoms with Crippen molar-refractivity contribution >= 4 is 11.7 Å². The molecule has 4 nitrogen and oxygen atoms in total. The molecular weight excluding hydrogens is 228 g/mol. The number of nitrogens with one attached hydrogen (secondary N) is 2. The van der Waals surface area contributed by atoms with Gasteiger partial charge in [0.2, 0.25) is 0 Å². The smallest absolute Gasteiger partial charge is 0.319 e. The highest BCUT2D eigenvalue weighted by atomic mass is 16.5. The second-order valence-corrected chi connectivity index (χ2v) is 3.72. The number of rotatable bonds is 6. The Morgan fingerprint density at radius 3 is 3.00 bits per heavy atom. The first-order valence-corrected chi connectivity index (χ1v) is 5.95. The molecule has 18 heavy (non-hydrogen) atoms. The molecule has 2 amide bonds. The van der Waals surface area contributed by atoms with Crippen LogP contribution in [-0.4, -0.2) is 25.8 Å². The standard InChI is InChI=1S/C14H18N2O2/c1-3-9-18-10-8-15-14(17)16-13-7-5-6-12(4-2)11-13/h2,5-7,11H,3,8-10H2,1H3,(H2,15,16,17). The molecule has 0 saturated carbocycles. The van der Waals surface area contributed by atoms with Crippen LogP contribution < -0.4 is 10.6 Å². The van der Waals surface area contributed by atoms with Crippen molar-refractivity contribution in [3.05, 3.63) is 29.8 Å². The Morgan fingerprint density at radius 1 is 1.44 bits per heavy atom. The van der Waals surface area contributed by atoms with Gasteiger partial charge in [0.25, 0.3) is 0 Å². The van der Waals surface area contributed by atoms with Crippen LogP contribution in [0, 0.1) is 12.3 Å². The summed E-state index contributed by atoms with van der Waals surface area (Å²) in [5.41, 5.74) is 1.41. The summed E-state index contributed by atoms with van der Waals surface area (Å²) >= 11 is 0. The fraction of sp³-hybridized carbons (Fsp3) is 0.357. The van der Waals surface area contributed by atoms with Crippen molar-refractivity contribution < 1.29 is 9.53 Å². The van der Waals surface area contributed by atoms with Crippen molar-refractivity contribution in [2.24, 2.45) is 0 Å². The average molecular weight is 246 g/mol. The molecule has 0 radical (unpaired) electrons. The molecule has 0 spiro atoms. The highest BCUT2D eigenvalue weighted by Gasteiger charge is 2.00. The van der Waals surface area contributed by atoms with Crippen LogP contribution in [0.5, 0.6) is 0 Å². The molecular formula is C14H18N2O2. The van der Waals surface area contributed by atoms with Crippen molar-refractivity contribution in [1.82, 2.24) is 5.32 Å². The molecule has 2 N–H and O–H groups in total. The summed E-state index contributed by atoms with van der Waals surface area (Å²) in [5.74, 6) is 2.52. The van der Waals surface area contributed by atoms with Crippen molar-refractivity contribution in [2.75, 3.05) is 25.1 Å². The molecule has 0 atom stereocenters. The number of terminal acetylenes is 1. The first kappa shape index (κ1) is 14.1. The number of amides is 2. The van der Waals surface area contributed by atoms with Crippen LogP contribution in [-0.2, 0) is 4.74 Å². The zero-order valence-corrected chi connectivity index (χ0v) is 10.5. The number of carbonyl (C=O) groups excluding carboxylic acids is 1. The van der Waals surface area contributed by atoms with E-state index in [2.05, 4.69) is 16.6 Å². The van der Waals surface area contributed by atoms with Gasteiger partial charge >= 0.3 is 6.03 Å². The van der Waals surface area contributed by atoms with Gasteiger partial charge in [0, 0.05) is 24.4 Å². The van der Waals surface area contributed by atoms with Crippen molar-refractivity contribution in [3.8, 4) is 12.3 Å². The lowest BCUT2D eigenvalue weighted by Crippen LogP contribution is -2.31. The molecule has 4 heteroatoms. The third kappa shape index (κ3) is 5.37. The second kappa shape index (κ2) is 8.15. The number of carbonyl (C=O) groups is 1. The third-order valence-corrected chi connectivity index (χ3v) is 2.17. The Morgan fingerprint density at radius 2 is 2.28 bits per heavy atom. The Hall–Kier alpha value is -1.99. The van der Waals surface area contributed by atoms with E-state index in [4.69, 9.17) is 11.2 Å². The molecule has 0 unspecified atom stereocenters. The van der Waals surface area contributed by atoms with E-state index >= 15 is 0 Å². The molecule has 96 valence electrons. The predicted octanol–water partition coefficient (Wildman–Crippen LogP) is 2.22.